The minimum absolute atomic E-state index is 0.0311. The smallest absolute Gasteiger partial charge is 0.269 e. The molecule has 2 aromatic rings. The van der Waals surface area contributed by atoms with Crippen molar-refractivity contribution in [1.29, 1.82) is 0 Å². The summed E-state index contributed by atoms with van der Waals surface area (Å²) in [5.41, 5.74) is 7.30. The Morgan fingerprint density at radius 3 is 1.96 bits per heavy atom. The fourth-order valence-electron chi connectivity index (χ4n) is 1.83. The summed E-state index contributed by atoms with van der Waals surface area (Å²) >= 11 is 10.7. The van der Waals surface area contributed by atoms with Crippen molar-refractivity contribution in [1.82, 2.24) is 16.2 Å². The van der Waals surface area contributed by atoms with E-state index in [4.69, 9.17) is 23.8 Å². The molecule has 3 N–H and O–H groups in total. The Morgan fingerprint density at radius 2 is 1.43 bits per heavy atom. The number of benzene rings is 2. The van der Waals surface area contributed by atoms with Gasteiger partial charge >= 0.3 is 0 Å². The van der Waals surface area contributed by atoms with Crippen LogP contribution in [0.3, 0.4) is 0 Å². The van der Waals surface area contributed by atoms with Crippen LogP contribution < -0.4 is 16.2 Å². The van der Waals surface area contributed by atoms with Crippen LogP contribution in [0.4, 0.5) is 0 Å². The van der Waals surface area contributed by atoms with Crippen LogP contribution in [0.15, 0.2) is 48.5 Å². The second kappa shape index (κ2) is 7.71. The number of carbonyl (C=O) groups is 2. The second-order valence-corrected chi connectivity index (χ2v) is 5.52. The molecule has 0 atom stereocenters. The summed E-state index contributed by atoms with van der Waals surface area (Å²) in [4.78, 5) is 22.8. The first-order chi connectivity index (χ1) is 11.0. The number of hydrogen-bond acceptors (Lipinski definition) is 3. The molecule has 23 heavy (non-hydrogen) atoms. The van der Waals surface area contributed by atoms with E-state index in [1.165, 1.54) is 6.92 Å². The largest absolute Gasteiger partial charge is 0.302 e. The molecular formula is C16H14ClN3O2S. The average Bonchev–Trinajstić information content (AvgIpc) is 2.53. The van der Waals surface area contributed by atoms with Gasteiger partial charge in [0.05, 0.1) is 0 Å². The molecule has 0 aliphatic rings. The molecule has 0 radical (unpaired) electrons. The first-order valence-electron chi connectivity index (χ1n) is 6.69. The molecule has 7 heteroatoms. The summed E-state index contributed by atoms with van der Waals surface area (Å²) < 4.78 is 0. The van der Waals surface area contributed by atoms with E-state index < -0.39 is 0 Å². The highest BCUT2D eigenvalue weighted by atomic mass is 35.5. The zero-order chi connectivity index (χ0) is 16.8. The molecule has 0 saturated carbocycles. The van der Waals surface area contributed by atoms with Crippen molar-refractivity contribution >= 4 is 40.7 Å². The fourth-order valence-corrected chi connectivity index (χ4v) is 2.15. The van der Waals surface area contributed by atoms with E-state index in [2.05, 4.69) is 16.2 Å². The van der Waals surface area contributed by atoms with Crippen LogP contribution in [0, 0.1) is 0 Å². The summed E-state index contributed by atoms with van der Waals surface area (Å²) in [7, 11) is 0. The van der Waals surface area contributed by atoms with Crippen LogP contribution in [0.25, 0.3) is 11.1 Å². The number of thiocarbonyl (C=S) groups is 1. The summed E-state index contributed by atoms with van der Waals surface area (Å²) in [6.07, 6.45) is 0. The third-order valence-corrected chi connectivity index (χ3v) is 3.36. The van der Waals surface area contributed by atoms with Crippen LogP contribution in [0.1, 0.15) is 17.3 Å². The Bertz CT molecular complexity index is 730. The zero-order valence-electron chi connectivity index (χ0n) is 12.2. The van der Waals surface area contributed by atoms with Crippen LogP contribution in [0.2, 0.25) is 5.02 Å². The van der Waals surface area contributed by atoms with E-state index in [0.717, 1.165) is 11.1 Å². The molecule has 2 amide bonds. The third-order valence-electron chi connectivity index (χ3n) is 2.90. The SMILES string of the molecule is CC(=O)NC(=S)NNC(=O)c1ccc(-c2ccc(Cl)cc2)cc1. The lowest BCUT2D eigenvalue weighted by Crippen LogP contribution is -2.47. The van der Waals surface area contributed by atoms with E-state index >= 15 is 0 Å². The maximum atomic E-state index is 12.0. The van der Waals surface area contributed by atoms with Gasteiger partial charge in [-0.15, -0.1) is 0 Å². The number of amides is 2. The number of rotatable bonds is 2. The van der Waals surface area contributed by atoms with Crippen LogP contribution in [0.5, 0.6) is 0 Å². The van der Waals surface area contributed by atoms with Gasteiger partial charge in [0.25, 0.3) is 5.91 Å². The normalized spacial score (nSPS) is 9.83. The summed E-state index contributed by atoms with van der Waals surface area (Å²) in [6, 6.07) is 14.5. The molecule has 0 aromatic heterocycles. The highest BCUT2D eigenvalue weighted by molar-refractivity contribution is 7.80. The molecule has 118 valence electrons. The van der Waals surface area contributed by atoms with Crippen molar-refractivity contribution in [3.05, 3.63) is 59.1 Å². The molecule has 0 bridgehead atoms. The molecule has 0 heterocycles. The van der Waals surface area contributed by atoms with E-state index in [-0.39, 0.29) is 16.9 Å². The zero-order valence-corrected chi connectivity index (χ0v) is 13.8. The summed E-state index contributed by atoms with van der Waals surface area (Å²) in [6.45, 7) is 1.32. The minimum Gasteiger partial charge on any atom is -0.302 e. The molecule has 0 unspecified atom stereocenters. The first kappa shape index (κ1) is 16.9. The Balaban J connectivity index is 1.99. The Hall–Kier alpha value is -2.44. The maximum Gasteiger partial charge on any atom is 0.269 e. The number of hydrogen-bond donors (Lipinski definition) is 3. The van der Waals surface area contributed by atoms with Crippen LogP contribution in [-0.2, 0) is 4.79 Å². The van der Waals surface area contributed by atoms with Gasteiger partial charge < -0.3 is 5.32 Å². The van der Waals surface area contributed by atoms with E-state index in [1.54, 1.807) is 12.1 Å². The van der Waals surface area contributed by atoms with Crippen molar-refractivity contribution in [3.63, 3.8) is 0 Å². The molecule has 0 spiro atoms. The lowest BCUT2D eigenvalue weighted by molar-refractivity contribution is -0.117. The van der Waals surface area contributed by atoms with Gasteiger partial charge in [0.1, 0.15) is 0 Å². The van der Waals surface area contributed by atoms with Crippen molar-refractivity contribution < 1.29 is 9.59 Å². The van der Waals surface area contributed by atoms with Crippen molar-refractivity contribution in [2.75, 3.05) is 0 Å². The predicted molar refractivity (Wildman–Crippen MR) is 93.9 cm³/mol. The number of hydrazine groups is 1. The monoisotopic (exact) mass is 347 g/mol. The molecule has 0 saturated heterocycles. The van der Waals surface area contributed by atoms with E-state index in [0.29, 0.717) is 10.6 Å². The van der Waals surface area contributed by atoms with E-state index in [9.17, 15) is 9.59 Å². The highest BCUT2D eigenvalue weighted by Gasteiger charge is 2.07. The lowest BCUT2D eigenvalue weighted by atomic mass is 10.0. The molecular weight excluding hydrogens is 334 g/mol. The van der Waals surface area contributed by atoms with Gasteiger partial charge in [0.15, 0.2) is 5.11 Å². The molecule has 2 aromatic carbocycles. The molecule has 0 aliphatic carbocycles. The average molecular weight is 348 g/mol. The molecule has 0 aliphatic heterocycles. The molecule has 0 fully saturated rings. The van der Waals surface area contributed by atoms with Gasteiger partial charge in [0, 0.05) is 17.5 Å². The van der Waals surface area contributed by atoms with Crippen molar-refractivity contribution in [2.45, 2.75) is 6.92 Å². The van der Waals surface area contributed by atoms with Gasteiger partial charge in [-0.05, 0) is 47.6 Å². The maximum absolute atomic E-state index is 12.0. The van der Waals surface area contributed by atoms with Crippen molar-refractivity contribution in [3.8, 4) is 11.1 Å². The number of carbonyl (C=O) groups excluding carboxylic acids is 2. The molecule has 5 nitrogen and oxygen atoms in total. The highest BCUT2D eigenvalue weighted by Crippen LogP contribution is 2.21. The summed E-state index contributed by atoms with van der Waals surface area (Å²) in [5.74, 6) is -0.676. The van der Waals surface area contributed by atoms with Crippen molar-refractivity contribution in [2.24, 2.45) is 0 Å². The topological polar surface area (TPSA) is 70.2 Å². The predicted octanol–water partition coefficient (Wildman–Crippen LogP) is 2.66. The Morgan fingerprint density at radius 1 is 0.913 bits per heavy atom. The number of nitrogens with one attached hydrogen (secondary N) is 3. The fraction of sp³-hybridized carbons (Fsp3) is 0.0625. The van der Waals surface area contributed by atoms with Crippen LogP contribution >= 0.6 is 23.8 Å². The van der Waals surface area contributed by atoms with Gasteiger partial charge in [0.2, 0.25) is 5.91 Å². The first-order valence-corrected chi connectivity index (χ1v) is 7.48. The van der Waals surface area contributed by atoms with Gasteiger partial charge in [-0.2, -0.15) is 0 Å². The molecule has 2 rings (SSSR count). The Labute approximate surface area is 144 Å². The number of halogens is 1. The van der Waals surface area contributed by atoms with Gasteiger partial charge in [-0.1, -0.05) is 35.9 Å². The second-order valence-electron chi connectivity index (χ2n) is 4.67. The summed E-state index contributed by atoms with van der Waals surface area (Å²) in [5, 5.41) is 3.04. The third kappa shape index (κ3) is 5.05. The van der Waals surface area contributed by atoms with Crippen LogP contribution in [-0.4, -0.2) is 16.9 Å². The minimum atomic E-state index is -0.361. The lowest BCUT2D eigenvalue weighted by Gasteiger charge is -2.10. The van der Waals surface area contributed by atoms with Gasteiger partial charge in [-0.3, -0.25) is 20.4 Å². The quantitative estimate of drug-likeness (QED) is 0.577. The standard InChI is InChI=1S/C16H14ClN3O2S/c1-10(21)18-16(23)20-19-15(22)13-4-2-11(3-5-13)12-6-8-14(17)9-7-12/h2-9H,1H3,(H,19,22)(H2,18,20,21,23). The Kier molecular flexibility index (Phi) is 5.67. The van der Waals surface area contributed by atoms with E-state index in [1.807, 2.05) is 36.4 Å². The van der Waals surface area contributed by atoms with Gasteiger partial charge in [-0.25, -0.2) is 0 Å².